The number of rotatable bonds is 2. The second-order valence-electron chi connectivity index (χ2n) is 3.65. The molecule has 0 atom stereocenters. The molecule has 0 saturated heterocycles. The van der Waals surface area contributed by atoms with Gasteiger partial charge in [0.15, 0.2) is 0 Å². The van der Waals surface area contributed by atoms with Crippen molar-refractivity contribution in [2.24, 2.45) is 12.8 Å². The SMILES string of the molecule is Cn1ccc2c(CCN)cccc2c1=O. The Labute approximate surface area is 88.1 Å². The van der Waals surface area contributed by atoms with Crippen molar-refractivity contribution in [1.82, 2.24) is 4.57 Å². The van der Waals surface area contributed by atoms with E-state index in [4.69, 9.17) is 5.73 Å². The molecule has 15 heavy (non-hydrogen) atoms. The van der Waals surface area contributed by atoms with Gasteiger partial charge in [-0.15, -0.1) is 0 Å². The van der Waals surface area contributed by atoms with Crippen LogP contribution in [0.4, 0.5) is 0 Å². The van der Waals surface area contributed by atoms with Crippen LogP contribution in [0.2, 0.25) is 0 Å². The van der Waals surface area contributed by atoms with E-state index in [1.165, 1.54) is 0 Å². The van der Waals surface area contributed by atoms with Gasteiger partial charge in [0.25, 0.3) is 5.56 Å². The molecule has 2 rings (SSSR count). The number of pyridine rings is 1. The van der Waals surface area contributed by atoms with Crippen LogP contribution in [0.15, 0.2) is 35.3 Å². The summed E-state index contributed by atoms with van der Waals surface area (Å²) in [5.74, 6) is 0. The number of benzene rings is 1. The van der Waals surface area contributed by atoms with Crippen molar-refractivity contribution in [3.8, 4) is 0 Å². The summed E-state index contributed by atoms with van der Waals surface area (Å²) < 4.78 is 1.59. The lowest BCUT2D eigenvalue weighted by Gasteiger charge is -2.06. The fourth-order valence-electron chi connectivity index (χ4n) is 1.81. The predicted octanol–water partition coefficient (Wildman–Crippen LogP) is 1.04. The van der Waals surface area contributed by atoms with Crippen molar-refractivity contribution >= 4 is 10.8 Å². The van der Waals surface area contributed by atoms with Crippen LogP contribution in [0.3, 0.4) is 0 Å². The summed E-state index contributed by atoms with van der Waals surface area (Å²) >= 11 is 0. The van der Waals surface area contributed by atoms with Crippen LogP contribution in [-0.4, -0.2) is 11.1 Å². The van der Waals surface area contributed by atoms with Gasteiger partial charge in [-0.2, -0.15) is 0 Å². The molecule has 1 aromatic heterocycles. The Morgan fingerprint density at radius 1 is 1.27 bits per heavy atom. The van der Waals surface area contributed by atoms with Crippen LogP contribution in [0.5, 0.6) is 0 Å². The minimum absolute atomic E-state index is 0.0476. The number of aromatic nitrogens is 1. The fourth-order valence-corrected chi connectivity index (χ4v) is 1.81. The first-order valence-corrected chi connectivity index (χ1v) is 5.01. The van der Waals surface area contributed by atoms with Gasteiger partial charge in [0.2, 0.25) is 0 Å². The maximum absolute atomic E-state index is 11.8. The highest BCUT2D eigenvalue weighted by Crippen LogP contribution is 2.15. The minimum atomic E-state index is 0.0476. The maximum atomic E-state index is 11.8. The number of hydrogen-bond donors (Lipinski definition) is 1. The van der Waals surface area contributed by atoms with E-state index in [2.05, 4.69) is 0 Å². The largest absolute Gasteiger partial charge is 0.330 e. The van der Waals surface area contributed by atoms with Gasteiger partial charge in [0.1, 0.15) is 0 Å². The lowest BCUT2D eigenvalue weighted by Crippen LogP contribution is -2.16. The smallest absolute Gasteiger partial charge is 0.258 e. The van der Waals surface area contributed by atoms with E-state index in [0.29, 0.717) is 6.54 Å². The molecule has 0 saturated carbocycles. The quantitative estimate of drug-likeness (QED) is 0.791. The van der Waals surface area contributed by atoms with Crippen molar-refractivity contribution in [1.29, 1.82) is 0 Å². The lowest BCUT2D eigenvalue weighted by atomic mass is 10.0. The molecule has 0 aliphatic rings. The summed E-state index contributed by atoms with van der Waals surface area (Å²) in [7, 11) is 1.76. The summed E-state index contributed by atoms with van der Waals surface area (Å²) in [6.07, 6.45) is 2.61. The first kappa shape index (κ1) is 9.93. The van der Waals surface area contributed by atoms with Gasteiger partial charge in [-0.1, -0.05) is 12.1 Å². The normalized spacial score (nSPS) is 10.8. The second kappa shape index (κ2) is 3.87. The third-order valence-electron chi connectivity index (χ3n) is 2.63. The van der Waals surface area contributed by atoms with Crippen LogP contribution in [0.1, 0.15) is 5.56 Å². The van der Waals surface area contributed by atoms with Gasteiger partial charge in [-0.25, -0.2) is 0 Å². The highest BCUT2D eigenvalue weighted by Gasteiger charge is 2.03. The Morgan fingerprint density at radius 3 is 2.80 bits per heavy atom. The predicted molar refractivity (Wildman–Crippen MR) is 61.9 cm³/mol. The van der Waals surface area contributed by atoms with E-state index in [0.717, 1.165) is 22.8 Å². The Hall–Kier alpha value is -1.61. The topological polar surface area (TPSA) is 48.0 Å². The van der Waals surface area contributed by atoms with Crippen molar-refractivity contribution in [3.63, 3.8) is 0 Å². The number of fused-ring (bicyclic) bond motifs is 1. The van der Waals surface area contributed by atoms with Crippen molar-refractivity contribution in [3.05, 3.63) is 46.4 Å². The summed E-state index contributed by atoms with van der Waals surface area (Å²) in [6, 6.07) is 7.77. The highest BCUT2D eigenvalue weighted by atomic mass is 16.1. The van der Waals surface area contributed by atoms with E-state index in [1.807, 2.05) is 24.3 Å². The molecule has 0 unspecified atom stereocenters. The summed E-state index contributed by atoms with van der Waals surface area (Å²) in [4.78, 5) is 11.8. The molecule has 2 aromatic rings. The first-order valence-electron chi connectivity index (χ1n) is 5.01. The first-order chi connectivity index (χ1) is 7.24. The van der Waals surface area contributed by atoms with Crippen LogP contribution < -0.4 is 11.3 Å². The van der Waals surface area contributed by atoms with E-state index in [1.54, 1.807) is 17.8 Å². The molecule has 0 fully saturated rings. The fraction of sp³-hybridized carbons (Fsp3) is 0.250. The Bertz CT molecular complexity index is 543. The van der Waals surface area contributed by atoms with Gasteiger partial charge in [-0.05, 0) is 36.0 Å². The standard InChI is InChI=1S/C12H14N2O/c1-14-8-6-10-9(5-7-13)3-2-4-11(10)12(14)15/h2-4,6,8H,5,7,13H2,1H3. The molecule has 0 amide bonds. The van der Waals surface area contributed by atoms with E-state index in [9.17, 15) is 4.79 Å². The zero-order valence-electron chi connectivity index (χ0n) is 8.73. The molecule has 78 valence electrons. The summed E-state index contributed by atoms with van der Waals surface area (Å²) in [5.41, 5.74) is 6.73. The van der Waals surface area contributed by atoms with Crippen molar-refractivity contribution in [2.75, 3.05) is 6.54 Å². The van der Waals surface area contributed by atoms with Crippen LogP contribution >= 0.6 is 0 Å². The van der Waals surface area contributed by atoms with Gasteiger partial charge in [0.05, 0.1) is 0 Å². The van der Waals surface area contributed by atoms with Gasteiger partial charge in [-0.3, -0.25) is 4.79 Å². The highest BCUT2D eigenvalue weighted by molar-refractivity contribution is 5.84. The second-order valence-corrected chi connectivity index (χ2v) is 3.65. The molecule has 0 aliphatic heterocycles. The van der Waals surface area contributed by atoms with E-state index < -0.39 is 0 Å². The maximum Gasteiger partial charge on any atom is 0.258 e. The minimum Gasteiger partial charge on any atom is -0.330 e. The molecule has 0 bridgehead atoms. The number of hydrogen-bond acceptors (Lipinski definition) is 2. The molecular weight excluding hydrogens is 188 g/mol. The third-order valence-corrected chi connectivity index (χ3v) is 2.63. The molecule has 0 aliphatic carbocycles. The average Bonchev–Trinajstić information content (AvgIpc) is 2.25. The molecule has 1 aromatic carbocycles. The van der Waals surface area contributed by atoms with Crippen molar-refractivity contribution in [2.45, 2.75) is 6.42 Å². The lowest BCUT2D eigenvalue weighted by molar-refractivity contribution is 0.872. The molecular formula is C12H14N2O. The van der Waals surface area contributed by atoms with Crippen molar-refractivity contribution < 1.29 is 0 Å². The van der Waals surface area contributed by atoms with Gasteiger partial charge < -0.3 is 10.3 Å². The Kier molecular flexibility index (Phi) is 2.56. The van der Waals surface area contributed by atoms with E-state index >= 15 is 0 Å². The van der Waals surface area contributed by atoms with Crippen LogP contribution in [0, 0.1) is 0 Å². The van der Waals surface area contributed by atoms with Gasteiger partial charge in [0, 0.05) is 18.6 Å². The molecule has 0 spiro atoms. The summed E-state index contributed by atoms with van der Waals surface area (Å²) in [5, 5.41) is 1.79. The molecule has 2 N–H and O–H groups in total. The molecule has 3 heteroatoms. The van der Waals surface area contributed by atoms with Crippen LogP contribution in [0.25, 0.3) is 10.8 Å². The monoisotopic (exact) mass is 202 g/mol. The number of nitrogens with zero attached hydrogens (tertiary/aromatic N) is 1. The molecule has 0 radical (unpaired) electrons. The average molecular weight is 202 g/mol. The Morgan fingerprint density at radius 2 is 2.07 bits per heavy atom. The summed E-state index contributed by atoms with van der Waals surface area (Å²) in [6.45, 7) is 0.605. The third kappa shape index (κ3) is 1.66. The van der Waals surface area contributed by atoms with Gasteiger partial charge >= 0.3 is 0 Å². The Balaban J connectivity index is 2.77. The zero-order chi connectivity index (χ0) is 10.8. The van der Waals surface area contributed by atoms with Crippen LogP contribution in [-0.2, 0) is 13.5 Å². The number of aryl methyl sites for hydroxylation is 1. The molecule has 3 nitrogen and oxygen atoms in total. The van der Waals surface area contributed by atoms with E-state index in [-0.39, 0.29) is 5.56 Å². The zero-order valence-corrected chi connectivity index (χ0v) is 8.73. The number of nitrogens with two attached hydrogens (primary N) is 1. The molecule has 1 heterocycles.